The molecule has 0 aliphatic carbocycles. The normalized spacial score (nSPS) is 12.7. The molecule has 0 aliphatic rings. The minimum Gasteiger partial charge on any atom is -0.467 e. The van der Waals surface area contributed by atoms with E-state index in [9.17, 15) is 9.90 Å². The fourth-order valence-corrected chi connectivity index (χ4v) is 2.64. The van der Waals surface area contributed by atoms with E-state index in [1.807, 2.05) is 67.6 Å². The van der Waals surface area contributed by atoms with Crippen molar-refractivity contribution < 1.29 is 19.4 Å². The van der Waals surface area contributed by atoms with Crippen molar-refractivity contribution in [2.45, 2.75) is 25.0 Å². The van der Waals surface area contributed by atoms with Crippen LogP contribution in [0.2, 0.25) is 0 Å². The molecule has 0 spiro atoms. The summed E-state index contributed by atoms with van der Waals surface area (Å²) < 4.78 is 10.9. The smallest absolute Gasteiger partial charge is 0.338 e. The Morgan fingerprint density at radius 3 is 1.91 bits per heavy atom. The molecule has 1 atom stereocenters. The van der Waals surface area contributed by atoms with Gasteiger partial charge in [-0.15, -0.1) is 0 Å². The Balaban J connectivity index is 2.65. The topological polar surface area (TPSA) is 55.8 Å². The monoisotopic (exact) mass is 314 g/mol. The van der Waals surface area contributed by atoms with Crippen molar-refractivity contribution in [3.63, 3.8) is 0 Å². The van der Waals surface area contributed by atoms with Crippen molar-refractivity contribution in [3.05, 3.63) is 71.8 Å². The molecule has 2 rings (SSSR count). The molecule has 1 N–H and O–H groups in total. The number of methoxy groups -OCH3 is 1. The number of hydrogen-bond acceptors (Lipinski definition) is 4. The summed E-state index contributed by atoms with van der Waals surface area (Å²) in [6.45, 7) is 2.38. The lowest BCUT2D eigenvalue weighted by Crippen LogP contribution is -2.48. The van der Waals surface area contributed by atoms with Gasteiger partial charge in [0.1, 0.15) is 0 Å². The number of benzene rings is 2. The van der Waals surface area contributed by atoms with E-state index >= 15 is 0 Å². The molecule has 0 bridgehead atoms. The van der Waals surface area contributed by atoms with Crippen LogP contribution < -0.4 is 0 Å². The highest BCUT2D eigenvalue weighted by Gasteiger charge is 2.47. The van der Waals surface area contributed by atoms with Gasteiger partial charge in [0.05, 0.1) is 7.11 Å². The Labute approximate surface area is 136 Å². The van der Waals surface area contributed by atoms with E-state index in [0.717, 1.165) is 6.42 Å². The van der Waals surface area contributed by atoms with E-state index in [1.54, 1.807) is 0 Å². The van der Waals surface area contributed by atoms with Gasteiger partial charge >= 0.3 is 5.97 Å². The summed E-state index contributed by atoms with van der Waals surface area (Å²) in [6, 6.07) is 18.5. The van der Waals surface area contributed by atoms with E-state index in [4.69, 9.17) is 9.47 Å². The summed E-state index contributed by atoms with van der Waals surface area (Å²) >= 11 is 0. The first-order chi connectivity index (χ1) is 11.2. The summed E-state index contributed by atoms with van der Waals surface area (Å²) in [5.74, 6) is -0.728. The summed E-state index contributed by atoms with van der Waals surface area (Å²) in [6.07, 6.45) is -0.709. The predicted octanol–water partition coefficient (Wildman–Crippen LogP) is 2.89. The van der Waals surface area contributed by atoms with Crippen LogP contribution in [-0.4, -0.2) is 30.9 Å². The second-order valence-electron chi connectivity index (χ2n) is 5.24. The molecule has 0 fully saturated rings. The Morgan fingerprint density at radius 2 is 1.52 bits per heavy atom. The van der Waals surface area contributed by atoms with Crippen molar-refractivity contribution in [1.82, 2.24) is 0 Å². The zero-order valence-electron chi connectivity index (χ0n) is 13.4. The zero-order valence-corrected chi connectivity index (χ0v) is 13.4. The van der Waals surface area contributed by atoms with E-state index in [0.29, 0.717) is 17.7 Å². The fraction of sp³-hybridized carbons (Fsp3) is 0.316. The molecule has 0 saturated carbocycles. The molecule has 0 aromatic heterocycles. The molecule has 23 heavy (non-hydrogen) atoms. The Bertz CT molecular complexity index is 570. The number of aliphatic hydroxyl groups excluding tert-OH is 1. The van der Waals surface area contributed by atoms with Crippen LogP contribution in [0.3, 0.4) is 0 Å². The van der Waals surface area contributed by atoms with Crippen LogP contribution in [0.5, 0.6) is 0 Å². The van der Waals surface area contributed by atoms with Gasteiger partial charge in [-0.25, -0.2) is 4.79 Å². The Hall–Kier alpha value is -2.17. The molecule has 4 nitrogen and oxygen atoms in total. The van der Waals surface area contributed by atoms with E-state index < -0.39 is 17.7 Å². The summed E-state index contributed by atoms with van der Waals surface area (Å²) in [5.41, 5.74) is 0.112. The summed E-state index contributed by atoms with van der Waals surface area (Å²) in [5, 5.41) is 10.8. The summed E-state index contributed by atoms with van der Waals surface area (Å²) in [7, 11) is 1.26. The van der Waals surface area contributed by atoms with E-state index in [-0.39, 0.29) is 0 Å². The van der Waals surface area contributed by atoms with Crippen molar-refractivity contribution >= 4 is 5.97 Å². The van der Waals surface area contributed by atoms with Crippen LogP contribution in [0.25, 0.3) is 0 Å². The van der Waals surface area contributed by atoms with Crippen LogP contribution in [-0.2, 0) is 19.9 Å². The number of rotatable bonds is 7. The maximum atomic E-state index is 12.1. The lowest BCUT2D eigenvalue weighted by Gasteiger charge is -2.37. The number of carbonyl (C=O) groups excluding carboxylic acids is 1. The first-order valence-corrected chi connectivity index (χ1v) is 7.67. The molecule has 0 unspecified atom stereocenters. The third-order valence-corrected chi connectivity index (χ3v) is 3.75. The fourth-order valence-electron chi connectivity index (χ4n) is 2.64. The minimum absolute atomic E-state index is 0.401. The highest BCUT2D eigenvalue weighted by Crippen LogP contribution is 2.37. The molecule has 0 amide bonds. The van der Waals surface area contributed by atoms with Gasteiger partial charge in [-0.3, -0.25) is 0 Å². The SMILES string of the molecule is CCCOC(c1ccccc1)(c1ccccc1)[C@@H](O)C(=O)OC. The van der Waals surface area contributed by atoms with Crippen LogP contribution in [0.1, 0.15) is 24.5 Å². The van der Waals surface area contributed by atoms with Gasteiger partial charge in [-0.05, 0) is 17.5 Å². The van der Waals surface area contributed by atoms with Crippen molar-refractivity contribution in [2.75, 3.05) is 13.7 Å². The Morgan fingerprint density at radius 1 is 1.04 bits per heavy atom. The second-order valence-corrected chi connectivity index (χ2v) is 5.24. The molecule has 122 valence electrons. The molecule has 0 heterocycles. The summed E-state index contributed by atoms with van der Waals surface area (Å²) in [4.78, 5) is 12.1. The molecule has 0 saturated heterocycles. The predicted molar refractivity (Wildman–Crippen MR) is 87.9 cm³/mol. The highest BCUT2D eigenvalue weighted by molar-refractivity contribution is 5.77. The van der Waals surface area contributed by atoms with Gasteiger partial charge in [-0.2, -0.15) is 0 Å². The third kappa shape index (κ3) is 3.44. The number of hydrogen-bond donors (Lipinski definition) is 1. The van der Waals surface area contributed by atoms with Gasteiger partial charge in [-0.1, -0.05) is 67.6 Å². The van der Waals surface area contributed by atoms with E-state index in [2.05, 4.69) is 0 Å². The van der Waals surface area contributed by atoms with Crippen molar-refractivity contribution in [2.24, 2.45) is 0 Å². The lowest BCUT2D eigenvalue weighted by atomic mass is 9.81. The van der Waals surface area contributed by atoms with Gasteiger partial charge in [0, 0.05) is 6.61 Å². The zero-order chi connectivity index (χ0) is 16.7. The molecule has 4 heteroatoms. The first-order valence-electron chi connectivity index (χ1n) is 7.67. The number of esters is 1. The van der Waals surface area contributed by atoms with Gasteiger partial charge < -0.3 is 14.6 Å². The van der Waals surface area contributed by atoms with Gasteiger partial charge in [0.25, 0.3) is 0 Å². The third-order valence-electron chi connectivity index (χ3n) is 3.75. The van der Waals surface area contributed by atoms with E-state index in [1.165, 1.54) is 7.11 Å². The number of ether oxygens (including phenoxy) is 2. The van der Waals surface area contributed by atoms with Gasteiger partial charge in [0.2, 0.25) is 0 Å². The molecule has 0 aliphatic heterocycles. The standard InChI is InChI=1S/C19H22O4/c1-3-14-23-19(17(20)18(21)22-2,15-10-6-4-7-11-15)16-12-8-5-9-13-16/h4-13,17,20H,3,14H2,1-2H3/t17-/m0/s1. The quantitative estimate of drug-likeness (QED) is 0.798. The highest BCUT2D eigenvalue weighted by atomic mass is 16.6. The maximum Gasteiger partial charge on any atom is 0.338 e. The lowest BCUT2D eigenvalue weighted by molar-refractivity contribution is -0.170. The second kappa shape index (κ2) is 7.90. The Kier molecular flexibility index (Phi) is 5.90. The number of carbonyl (C=O) groups is 1. The van der Waals surface area contributed by atoms with Crippen LogP contribution in [0.4, 0.5) is 0 Å². The van der Waals surface area contributed by atoms with Crippen LogP contribution in [0.15, 0.2) is 60.7 Å². The van der Waals surface area contributed by atoms with Crippen molar-refractivity contribution in [3.8, 4) is 0 Å². The van der Waals surface area contributed by atoms with Crippen LogP contribution >= 0.6 is 0 Å². The number of aliphatic hydroxyl groups is 1. The van der Waals surface area contributed by atoms with Crippen LogP contribution in [0, 0.1) is 0 Å². The molecule has 0 radical (unpaired) electrons. The first kappa shape index (κ1) is 17.2. The molecular formula is C19H22O4. The van der Waals surface area contributed by atoms with Crippen molar-refractivity contribution in [1.29, 1.82) is 0 Å². The molecule has 2 aromatic carbocycles. The maximum absolute atomic E-state index is 12.1. The molecular weight excluding hydrogens is 292 g/mol. The molecule has 2 aromatic rings. The van der Waals surface area contributed by atoms with Gasteiger partial charge in [0.15, 0.2) is 11.7 Å². The average Bonchev–Trinajstić information content (AvgIpc) is 2.63. The average molecular weight is 314 g/mol. The largest absolute Gasteiger partial charge is 0.467 e. The minimum atomic E-state index is -1.47.